The largest absolute Gasteiger partial charge is 0.357 e. The lowest BCUT2D eigenvalue weighted by atomic mass is 10.0. The van der Waals surface area contributed by atoms with Crippen molar-refractivity contribution < 1.29 is 4.79 Å². The summed E-state index contributed by atoms with van der Waals surface area (Å²) in [6, 6.07) is 0. The van der Waals surface area contributed by atoms with E-state index in [1.165, 1.54) is 37.2 Å². The first kappa shape index (κ1) is 25.1. The van der Waals surface area contributed by atoms with E-state index in [1.54, 1.807) is 0 Å². The maximum absolute atomic E-state index is 12.1. The first-order valence-electron chi connectivity index (χ1n) is 11.1. The fourth-order valence-electron chi connectivity index (χ4n) is 3.96. The van der Waals surface area contributed by atoms with Crippen molar-refractivity contribution >= 4 is 52.5 Å². The van der Waals surface area contributed by atoms with Gasteiger partial charge in [0.15, 0.2) is 5.96 Å². The van der Waals surface area contributed by atoms with Gasteiger partial charge in [0.2, 0.25) is 11.0 Å². The summed E-state index contributed by atoms with van der Waals surface area (Å²) in [5, 5.41) is 7.44. The van der Waals surface area contributed by atoms with E-state index in [0.717, 1.165) is 56.1 Å². The molecule has 0 atom stereocenters. The summed E-state index contributed by atoms with van der Waals surface area (Å²) >= 11 is 1.49. The number of hydrogen-bond acceptors (Lipinski definition) is 6. The molecule has 2 fully saturated rings. The molecule has 2 N–H and O–H groups in total. The molecule has 1 saturated heterocycles. The van der Waals surface area contributed by atoms with Crippen LogP contribution in [-0.2, 0) is 11.2 Å². The summed E-state index contributed by atoms with van der Waals surface area (Å²) in [7, 11) is 0. The summed E-state index contributed by atoms with van der Waals surface area (Å²) < 4.78 is 4.39. The number of guanidine groups is 1. The van der Waals surface area contributed by atoms with Crippen LogP contribution >= 0.6 is 35.5 Å². The fourth-order valence-corrected chi connectivity index (χ4v) is 4.76. The van der Waals surface area contributed by atoms with Crippen molar-refractivity contribution in [2.45, 2.75) is 52.4 Å². The van der Waals surface area contributed by atoms with Crippen LogP contribution in [-0.4, -0.2) is 71.9 Å². The Morgan fingerprint density at radius 3 is 2.53 bits per heavy atom. The molecule has 0 radical (unpaired) electrons. The van der Waals surface area contributed by atoms with Crippen LogP contribution in [0.15, 0.2) is 4.99 Å². The number of aryl methyl sites for hydroxylation is 1. The molecule has 1 aromatic heterocycles. The van der Waals surface area contributed by atoms with E-state index >= 15 is 0 Å². The summed E-state index contributed by atoms with van der Waals surface area (Å²) in [6.07, 6.45) is 6.53. The molecule has 170 valence electrons. The van der Waals surface area contributed by atoms with E-state index in [4.69, 9.17) is 4.99 Å². The van der Waals surface area contributed by atoms with Gasteiger partial charge in [-0.15, -0.1) is 24.0 Å². The normalized spacial score (nSPS) is 17.7. The predicted molar refractivity (Wildman–Crippen MR) is 134 cm³/mol. The fraction of sp³-hybridized carbons (Fsp3) is 0.800. The van der Waals surface area contributed by atoms with E-state index in [9.17, 15) is 4.79 Å². The number of aliphatic imine (C=N–C) groups is 1. The third-order valence-corrected chi connectivity index (χ3v) is 6.42. The molecular weight excluding hydrogens is 513 g/mol. The average Bonchev–Trinajstić information content (AvgIpc) is 3.42. The minimum Gasteiger partial charge on any atom is -0.357 e. The highest BCUT2D eigenvalue weighted by molar-refractivity contribution is 14.0. The van der Waals surface area contributed by atoms with Crippen molar-refractivity contribution in [2.24, 2.45) is 10.9 Å². The van der Waals surface area contributed by atoms with Crippen LogP contribution in [0.5, 0.6) is 0 Å². The van der Waals surface area contributed by atoms with Crippen molar-refractivity contribution in [3.05, 3.63) is 5.82 Å². The molecule has 2 aliphatic rings. The van der Waals surface area contributed by atoms with E-state index in [0.29, 0.717) is 25.4 Å². The van der Waals surface area contributed by atoms with Gasteiger partial charge in [-0.05, 0) is 25.7 Å². The van der Waals surface area contributed by atoms with Crippen molar-refractivity contribution in [3.63, 3.8) is 0 Å². The maximum Gasteiger partial charge on any atom is 0.220 e. The van der Waals surface area contributed by atoms with Crippen LogP contribution in [0.3, 0.4) is 0 Å². The SMILES string of the molecule is CCNC(=NCCNC(=O)CC1CCCC1)N1CCN(c2nc(CC)ns2)CC1.I. The molecule has 1 aliphatic carbocycles. The number of aromatic nitrogens is 2. The van der Waals surface area contributed by atoms with Gasteiger partial charge >= 0.3 is 0 Å². The highest BCUT2D eigenvalue weighted by atomic mass is 127. The van der Waals surface area contributed by atoms with Crippen LogP contribution < -0.4 is 15.5 Å². The smallest absolute Gasteiger partial charge is 0.220 e. The van der Waals surface area contributed by atoms with Gasteiger partial charge < -0.3 is 20.4 Å². The molecule has 1 aliphatic heterocycles. The molecule has 0 unspecified atom stereocenters. The number of piperazine rings is 1. The summed E-state index contributed by atoms with van der Waals surface area (Å²) in [6.45, 7) is 9.86. The van der Waals surface area contributed by atoms with E-state index in [1.807, 2.05) is 0 Å². The first-order valence-corrected chi connectivity index (χ1v) is 11.8. The Hall–Kier alpha value is -1.17. The van der Waals surface area contributed by atoms with Crippen molar-refractivity contribution in [2.75, 3.05) is 50.7 Å². The zero-order valence-electron chi connectivity index (χ0n) is 18.2. The van der Waals surface area contributed by atoms with Crippen molar-refractivity contribution in [1.29, 1.82) is 0 Å². The third-order valence-electron chi connectivity index (χ3n) is 5.60. The second-order valence-corrected chi connectivity index (χ2v) is 8.49. The second-order valence-electron chi connectivity index (χ2n) is 7.76. The lowest BCUT2D eigenvalue weighted by Gasteiger charge is -2.36. The molecular formula is C20H36IN7OS. The summed E-state index contributed by atoms with van der Waals surface area (Å²) in [5.41, 5.74) is 0. The summed E-state index contributed by atoms with van der Waals surface area (Å²) in [5.74, 6) is 2.63. The number of halogens is 1. The van der Waals surface area contributed by atoms with Gasteiger partial charge in [-0.3, -0.25) is 9.79 Å². The van der Waals surface area contributed by atoms with E-state index in [-0.39, 0.29) is 29.9 Å². The Bertz CT molecular complexity index is 670. The maximum atomic E-state index is 12.1. The number of hydrogen-bond donors (Lipinski definition) is 2. The number of nitrogens with one attached hydrogen (secondary N) is 2. The van der Waals surface area contributed by atoms with Gasteiger partial charge in [0.25, 0.3) is 0 Å². The number of anilines is 1. The Morgan fingerprint density at radius 2 is 1.90 bits per heavy atom. The van der Waals surface area contributed by atoms with Crippen LogP contribution in [0.2, 0.25) is 0 Å². The number of carbonyl (C=O) groups excluding carboxylic acids is 1. The predicted octanol–water partition coefficient (Wildman–Crippen LogP) is 2.50. The number of amides is 1. The third kappa shape index (κ3) is 7.51. The van der Waals surface area contributed by atoms with Crippen LogP contribution in [0, 0.1) is 5.92 Å². The van der Waals surface area contributed by atoms with Gasteiger partial charge in [-0.2, -0.15) is 4.37 Å². The number of nitrogens with zero attached hydrogens (tertiary/aromatic N) is 5. The quantitative estimate of drug-likeness (QED) is 0.225. The zero-order chi connectivity index (χ0) is 20.5. The van der Waals surface area contributed by atoms with Crippen molar-refractivity contribution in [1.82, 2.24) is 24.9 Å². The molecule has 0 bridgehead atoms. The Morgan fingerprint density at radius 1 is 1.17 bits per heavy atom. The van der Waals surface area contributed by atoms with Gasteiger partial charge in [-0.1, -0.05) is 19.8 Å². The van der Waals surface area contributed by atoms with E-state index < -0.39 is 0 Å². The molecule has 2 heterocycles. The molecule has 1 amide bonds. The molecule has 1 saturated carbocycles. The van der Waals surface area contributed by atoms with Gasteiger partial charge in [0, 0.05) is 63.6 Å². The molecule has 8 nitrogen and oxygen atoms in total. The van der Waals surface area contributed by atoms with Crippen LogP contribution in [0.25, 0.3) is 0 Å². The Kier molecular flexibility index (Phi) is 11.1. The lowest BCUT2D eigenvalue weighted by molar-refractivity contribution is -0.121. The monoisotopic (exact) mass is 549 g/mol. The molecule has 3 rings (SSSR count). The highest BCUT2D eigenvalue weighted by Crippen LogP contribution is 2.27. The Balaban J connectivity index is 0.00000320. The minimum absolute atomic E-state index is 0. The van der Waals surface area contributed by atoms with Gasteiger partial charge in [0.05, 0.1) is 6.54 Å². The van der Waals surface area contributed by atoms with Crippen molar-refractivity contribution in [3.8, 4) is 0 Å². The number of carbonyl (C=O) groups is 1. The van der Waals surface area contributed by atoms with Gasteiger partial charge in [-0.25, -0.2) is 4.98 Å². The molecule has 0 spiro atoms. The van der Waals surface area contributed by atoms with Crippen LogP contribution in [0.4, 0.5) is 5.13 Å². The molecule has 1 aromatic rings. The second kappa shape index (κ2) is 13.3. The first-order chi connectivity index (χ1) is 14.2. The zero-order valence-corrected chi connectivity index (χ0v) is 21.4. The van der Waals surface area contributed by atoms with Crippen LogP contribution in [0.1, 0.15) is 51.8 Å². The highest BCUT2D eigenvalue weighted by Gasteiger charge is 2.22. The minimum atomic E-state index is 0. The topological polar surface area (TPSA) is 85.8 Å². The molecule has 0 aromatic carbocycles. The summed E-state index contributed by atoms with van der Waals surface area (Å²) in [4.78, 5) is 26.0. The van der Waals surface area contributed by atoms with E-state index in [2.05, 4.69) is 43.6 Å². The molecule has 10 heteroatoms. The average molecular weight is 550 g/mol. The lowest BCUT2D eigenvalue weighted by Crippen LogP contribution is -2.52. The standard InChI is InChI=1S/C20H35N7OS.HI/c1-3-17-24-20(29-25-17)27-13-11-26(12-14-27)19(21-4-2)23-10-9-22-18(28)15-16-7-5-6-8-16;/h16H,3-15H2,1-2H3,(H,21,23)(H,22,28);1H. The molecule has 30 heavy (non-hydrogen) atoms. The Labute approximate surface area is 201 Å². The van der Waals surface area contributed by atoms with Gasteiger partial charge in [0.1, 0.15) is 5.82 Å². The number of rotatable bonds is 8.